The Hall–Kier alpha value is -1.86. The largest absolute Gasteiger partial charge is 0.465 e. The van der Waals surface area contributed by atoms with Crippen molar-refractivity contribution >= 4 is 21.7 Å². The second-order valence-corrected chi connectivity index (χ2v) is 6.19. The molecule has 6 nitrogen and oxygen atoms in total. The number of carbonyl (C=O) groups is 1. The monoisotopic (exact) mass is 296 g/mol. The van der Waals surface area contributed by atoms with Crippen LogP contribution in [0.25, 0.3) is 0 Å². The summed E-state index contributed by atoms with van der Waals surface area (Å²) in [7, 11) is -2.62. The van der Waals surface area contributed by atoms with Crippen LogP contribution in [-0.2, 0) is 14.8 Å². The Balaban J connectivity index is 2.38. The predicted molar refractivity (Wildman–Crippen MR) is 74.7 cm³/mol. The molecule has 1 aromatic rings. The summed E-state index contributed by atoms with van der Waals surface area (Å²) in [5.74, 6) is -0.713. The van der Waals surface area contributed by atoms with Crippen LogP contribution in [0.1, 0.15) is 23.2 Å². The first kappa shape index (κ1) is 14.5. The number of hydrogen-bond acceptors (Lipinski definition) is 5. The van der Waals surface area contributed by atoms with Gasteiger partial charge in [-0.25, -0.2) is 17.9 Å². The van der Waals surface area contributed by atoms with Crippen LogP contribution in [0.5, 0.6) is 0 Å². The molecular weight excluding hydrogens is 280 g/mol. The minimum absolute atomic E-state index is 0.0276. The summed E-state index contributed by atoms with van der Waals surface area (Å²) in [5.41, 5.74) is 5.86. The quantitative estimate of drug-likeness (QED) is 0.491. The third kappa shape index (κ3) is 3.00. The van der Waals surface area contributed by atoms with Gasteiger partial charge in [-0.1, -0.05) is 12.2 Å². The molecule has 20 heavy (non-hydrogen) atoms. The Kier molecular flexibility index (Phi) is 4.10. The number of nitrogens with two attached hydrogens (primary N) is 1. The second-order valence-electron chi connectivity index (χ2n) is 4.51. The standard InChI is InChI=1S/C13H16N2O4S/c1-19-13(16)11-7-6-9(14)8-12(11)20(17,18)15-10-4-2-3-5-10/h2-3,6-8,10,15H,4-5,14H2,1H3. The van der Waals surface area contributed by atoms with Crippen molar-refractivity contribution in [2.24, 2.45) is 0 Å². The molecular formula is C13H16N2O4S. The summed E-state index contributed by atoms with van der Waals surface area (Å²) in [6.45, 7) is 0. The molecule has 0 saturated heterocycles. The zero-order chi connectivity index (χ0) is 14.8. The van der Waals surface area contributed by atoms with E-state index in [4.69, 9.17) is 5.73 Å². The van der Waals surface area contributed by atoms with Crippen molar-refractivity contribution in [1.29, 1.82) is 0 Å². The third-order valence-corrected chi connectivity index (χ3v) is 4.59. The fourth-order valence-corrected chi connectivity index (χ4v) is 3.53. The molecule has 0 heterocycles. The zero-order valence-electron chi connectivity index (χ0n) is 11.0. The highest BCUT2D eigenvalue weighted by molar-refractivity contribution is 7.89. The molecule has 1 aromatic carbocycles. The number of nitrogens with one attached hydrogen (secondary N) is 1. The Morgan fingerprint density at radius 3 is 2.60 bits per heavy atom. The van der Waals surface area contributed by atoms with Crippen molar-refractivity contribution in [2.75, 3.05) is 12.8 Å². The highest BCUT2D eigenvalue weighted by atomic mass is 32.2. The summed E-state index contributed by atoms with van der Waals surface area (Å²) in [4.78, 5) is 11.5. The van der Waals surface area contributed by atoms with Gasteiger partial charge in [0.05, 0.1) is 17.6 Å². The van der Waals surface area contributed by atoms with Gasteiger partial charge < -0.3 is 10.5 Å². The van der Waals surface area contributed by atoms with Crippen LogP contribution in [0.4, 0.5) is 5.69 Å². The average molecular weight is 296 g/mol. The molecule has 108 valence electrons. The van der Waals surface area contributed by atoms with Gasteiger partial charge in [-0.2, -0.15) is 0 Å². The van der Waals surface area contributed by atoms with Crippen molar-refractivity contribution < 1.29 is 17.9 Å². The van der Waals surface area contributed by atoms with Gasteiger partial charge in [-0.05, 0) is 31.0 Å². The first-order valence-electron chi connectivity index (χ1n) is 6.09. The van der Waals surface area contributed by atoms with E-state index in [0.29, 0.717) is 12.8 Å². The molecule has 0 radical (unpaired) electrons. The van der Waals surface area contributed by atoms with Gasteiger partial charge in [0.15, 0.2) is 0 Å². The van der Waals surface area contributed by atoms with Crippen LogP contribution in [0.15, 0.2) is 35.2 Å². The summed E-state index contributed by atoms with van der Waals surface area (Å²) >= 11 is 0. The van der Waals surface area contributed by atoms with Crippen LogP contribution in [0.2, 0.25) is 0 Å². The van der Waals surface area contributed by atoms with Gasteiger partial charge in [0.2, 0.25) is 10.0 Å². The highest BCUT2D eigenvalue weighted by Crippen LogP contribution is 2.22. The van der Waals surface area contributed by atoms with Gasteiger partial charge in [0, 0.05) is 11.7 Å². The summed E-state index contributed by atoms with van der Waals surface area (Å²) in [5, 5.41) is 0. The lowest BCUT2D eigenvalue weighted by Crippen LogP contribution is -2.34. The molecule has 0 saturated carbocycles. The lowest BCUT2D eigenvalue weighted by Gasteiger charge is -2.15. The molecule has 1 aliphatic rings. The predicted octanol–water partition coefficient (Wildman–Crippen LogP) is 1.05. The summed E-state index contributed by atoms with van der Waals surface area (Å²) in [6.07, 6.45) is 5.09. The van der Waals surface area contributed by atoms with Crippen LogP contribution >= 0.6 is 0 Å². The van der Waals surface area contributed by atoms with E-state index in [-0.39, 0.29) is 22.2 Å². The van der Waals surface area contributed by atoms with Crippen molar-refractivity contribution in [1.82, 2.24) is 4.72 Å². The Morgan fingerprint density at radius 1 is 1.35 bits per heavy atom. The number of anilines is 1. The molecule has 7 heteroatoms. The maximum absolute atomic E-state index is 12.4. The van der Waals surface area contributed by atoms with Crippen molar-refractivity contribution in [3.63, 3.8) is 0 Å². The highest BCUT2D eigenvalue weighted by Gasteiger charge is 2.26. The number of benzene rings is 1. The SMILES string of the molecule is COC(=O)c1ccc(N)cc1S(=O)(=O)NC1CC=CC1. The van der Waals surface area contributed by atoms with Crippen LogP contribution < -0.4 is 10.5 Å². The lowest BCUT2D eigenvalue weighted by atomic mass is 10.2. The number of sulfonamides is 1. The smallest absolute Gasteiger partial charge is 0.339 e. The lowest BCUT2D eigenvalue weighted by molar-refractivity contribution is 0.0596. The van der Waals surface area contributed by atoms with E-state index in [2.05, 4.69) is 9.46 Å². The number of esters is 1. The van der Waals surface area contributed by atoms with Gasteiger partial charge in [-0.3, -0.25) is 0 Å². The Bertz CT molecular complexity index is 644. The molecule has 0 fully saturated rings. The van der Waals surface area contributed by atoms with E-state index in [1.54, 1.807) is 0 Å². The molecule has 2 rings (SSSR count). The summed E-state index contributed by atoms with van der Waals surface area (Å²) < 4.78 is 31.9. The first-order valence-corrected chi connectivity index (χ1v) is 7.57. The van der Waals surface area contributed by atoms with Crippen LogP contribution in [0.3, 0.4) is 0 Å². The molecule has 0 amide bonds. The second kappa shape index (κ2) is 5.64. The van der Waals surface area contributed by atoms with E-state index < -0.39 is 16.0 Å². The van der Waals surface area contributed by atoms with Crippen molar-refractivity contribution in [2.45, 2.75) is 23.8 Å². The van der Waals surface area contributed by atoms with E-state index in [1.165, 1.54) is 25.3 Å². The van der Waals surface area contributed by atoms with Gasteiger partial charge in [0.25, 0.3) is 0 Å². The Labute approximate surface area is 117 Å². The number of hydrogen-bond donors (Lipinski definition) is 2. The molecule has 0 spiro atoms. The molecule has 3 N–H and O–H groups in total. The fourth-order valence-electron chi connectivity index (χ4n) is 2.04. The number of carbonyl (C=O) groups excluding carboxylic acids is 1. The van der Waals surface area contributed by atoms with Gasteiger partial charge >= 0.3 is 5.97 Å². The molecule has 0 aliphatic heterocycles. The van der Waals surface area contributed by atoms with Gasteiger partial charge in [-0.15, -0.1) is 0 Å². The van der Waals surface area contributed by atoms with Gasteiger partial charge in [0.1, 0.15) is 0 Å². The average Bonchev–Trinajstić information content (AvgIpc) is 2.90. The molecule has 0 aromatic heterocycles. The summed E-state index contributed by atoms with van der Waals surface area (Å²) in [6, 6.07) is 3.88. The minimum atomic E-state index is -3.82. The van der Waals surface area contributed by atoms with E-state index in [0.717, 1.165) is 0 Å². The van der Waals surface area contributed by atoms with Crippen molar-refractivity contribution in [3.8, 4) is 0 Å². The van der Waals surface area contributed by atoms with Crippen LogP contribution in [0, 0.1) is 0 Å². The Morgan fingerprint density at radius 2 is 2.00 bits per heavy atom. The number of ether oxygens (including phenoxy) is 1. The zero-order valence-corrected chi connectivity index (χ0v) is 11.8. The molecule has 1 aliphatic carbocycles. The maximum Gasteiger partial charge on any atom is 0.339 e. The maximum atomic E-state index is 12.4. The number of methoxy groups -OCH3 is 1. The molecule has 0 bridgehead atoms. The van der Waals surface area contributed by atoms with E-state index in [9.17, 15) is 13.2 Å². The third-order valence-electron chi connectivity index (χ3n) is 3.03. The van der Waals surface area contributed by atoms with Crippen molar-refractivity contribution in [3.05, 3.63) is 35.9 Å². The van der Waals surface area contributed by atoms with E-state index in [1.807, 2.05) is 12.2 Å². The molecule has 0 unspecified atom stereocenters. The van der Waals surface area contributed by atoms with Crippen LogP contribution in [-0.4, -0.2) is 27.5 Å². The van der Waals surface area contributed by atoms with E-state index >= 15 is 0 Å². The topological polar surface area (TPSA) is 98.5 Å². The normalized spacial score (nSPS) is 15.4. The molecule has 0 atom stereocenters. The minimum Gasteiger partial charge on any atom is -0.465 e. The fraction of sp³-hybridized carbons (Fsp3) is 0.308. The number of nitrogen functional groups attached to an aromatic ring is 1. The first-order chi connectivity index (χ1) is 9.44. The number of rotatable bonds is 4.